The molecule has 0 saturated carbocycles. The molecule has 0 aliphatic carbocycles. The monoisotopic (exact) mass is 394 g/mol. The maximum atomic E-state index is 13.1. The normalized spacial score (nSPS) is 11.7. The van der Waals surface area contributed by atoms with Crippen molar-refractivity contribution in [3.8, 4) is 0 Å². The molecule has 144 valence electrons. The van der Waals surface area contributed by atoms with Gasteiger partial charge in [-0.3, -0.25) is 13.8 Å². The minimum Gasteiger partial charge on any atom is -0.325 e. The summed E-state index contributed by atoms with van der Waals surface area (Å²) >= 11 is 0. The van der Waals surface area contributed by atoms with Crippen LogP contribution in [-0.2, 0) is 20.4 Å². The SMILES string of the molecule is Cc1cc(C)c(NC(=O)C[S@@](=O)CC(=O)Nc2ccc(F)c(F)c2)c(C)c1. The van der Waals surface area contributed by atoms with E-state index >= 15 is 0 Å². The van der Waals surface area contributed by atoms with Gasteiger partial charge in [0.1, 0.15) is 11.5 Å². The molecule has 0 bridgehead atoms. The molecule has 5 nitrogen and oxygen atoms in total. The van der Waals surface area contributed by atoms with Crippen molar-refractivity contribution in [2.75, 3.05) is 22.1 Å². The highest BCUT2D eigenvalue weighted by Crippen LogP contribution is 2.21. The van der Waals surface area contributed by atoms with Crippen LogP contribution in [0.15, 0.2) is 30.3 Å². The molecule has 2 amide bonds. The van der Waals surface area contributed by atoms with Gasteiger partial charge in [0.25, 0.3) is 0 Å². The van der Waals surface area contributed by atoms with E-state index in [0.29, 0.717) is 5.69 Å². The number of amides is 2. The number of aryl methyl sites for hydroxylation is 3. The van der Waals surface area contributed by atoms with E-state index < -0.39 is 40.0 Å². The first-order valence-corrected chi connectivity index (χ1v) is 9.62. The Morgan fingerprint density at radius 3 is 2.00 bits per heavy atom. The summed E-state index contributed by atoms with van der Waals surface area (Å²) in [6.45, 7) is 5.68. The number of rotatable bonds is 6. The summed E-state index contributed by atoms with van der Waals surface area (Å²) in [6.07, 6.45) is 0. The van der Waals surface area contributed by atoms with Gasteiger partial charge in [0.15, 0.2) is 11.6 Å². The van der Waals surface area contributed by atoms with Gasteiger partial charge in [-0.25, -0.2) is 8.78 Å². The third kappa shape index (κ3) is 5.96. The van der Waals surface area contributed by atoms with Crippen molar-refractivity contribution in [1.82, 2.24) is 0 Å². The Kier molecular flexibility index (Phi) is 6.79. The molecule has 2 rings (SSSR count). The fourth-order valence-corrected chi connectivity index (χ4v) is 3.50. The molecular formula is C19H20F2N2O3S. The Morgan fingerprint density at radius 1 is 0.889 bits per heavy atom. The standard InChI is InChI=1S/C19H20F2N2O3S/c1-11-6-12(2)19(13(3)7-11)23-18(25)10-27(26)9-17(24)22-14-4-5-15(20)16(21)8-14/h4-8H,9-10H2,1-3H3,(H,22,24)(H,23,25)/t27-/m0/s1. The fraction of sp³-hybridized carbons (Fsp3) is 0.263. The van der Waals surface area contributed by atoms with Gasteiger partial charge in [0, 0.05) is 28.2 Å². The van der Waals surface area contributed by atoms with Crippen LogP contribution < -0.4 is 10.6 Å². The van der Waals surface area contributed by atoms with Crippen LogP contribution in [0.2, 0.25) is 0 Å². The molecule has 0 heterocycles. The fourth-order valence-electron chi connectivity index (χ4n) is 2.67. The molecule has 2 aromatic rings. The Balaban J connectivity index is 1.90. The molecule has 2 N–H and O–H groups in total. The first-order valence-electron chi connectivity index (χ1n) is 8.13. The number of hydrogen-bond donors (Lipinski definition) is 2. The third-order valence-electron chi connectivity index (χ3n) is 3.73. The van der Waals surface area contributed by atoms with E-state index in [2.05, 4.69) is 10.6 Å². The van der Waals surface area contributed by atoms with Crippen molar-refractivity contribution < 1.29 is 22.6 Å². The first kappa shape index (κ1) is 20.7. The Morgan fingerprint density at radius 2 is 1.44 bits per heavy atom. The molecular weight excluding hydrogens is 374 g/mol. The van der Waals surface area contributed by atoms with Crippen LogP contribution in [0.3, 0.4) is 0 Å². The molecule has 0 aliphatic rings. The van der Waals surface area contributed by atoms with E-state index in [-0.39, 0.29) is 11.4 Å². The van der Waals surface area contributed by atoms with Crippen LogP contribution >= 0.6 is 0 Å². The Bertz CT molecular complexity index is 893. The summed E-state index contributed by atoms with van der Waals surface area (Å²) in [5, 5.41) is 5.04. The van der Waals surface area contributed by atoms with Crippen molar-refractivity contribution in [2.24, 2.45) is 0 Å². The lowest BCUT2D eigenvalue weighted by Crippen LogP contribution is -2.26. The predicted octanol–water partition coefficient (Wildman–Crippen LogP) is 3.22. The second-order valence-electron chi connectivity index (χ2n) is 6.23. The number of carbonyl (C=O) groups is 2. The molecule has 0 saturated heterocycles. The van der Waals surface area contributed by atoms with Gasteiger partial charge in [-0.1, -0.05) is 17.7 Å². The van der Waals surface area contributed by atoms with Gasteiger partial charge in [-0.05, 0) is 44.0 Å². The largest absolute Gasteiger partial charge is 0.325 e. The van der Waals surface area contributed by atoms with Gasteiger partial charge in [0.2, 0.25) is 11.8 Å². The molecule has 2 aromatic carbocycles. The summed E-state index contributed by atoms with van der Waals surface area (Å²) in [5.74, 6) is -4.04. The second-order valence-corrected chi connectivity index (χ2v) is 7.68. The molecule has 0 unspecified atom stereocenters. The van der Waals surface area contributed by atoms with E-state index in [1.54, 1.807) is 0 Å². The highest BCUT2D eigenvalue weighted by atomic mass is 32.2. The van der Waals surface area contributed by atoms with Crippen molar-refractivity contribution in [1.29, 1.82) is 0 Å². The summed E-state index contributed by atoms with van der Waals surface area (Å²) in [5.41, 5.74) is 3.56. The molecule has 0 aromatic heterocycles. The van der Waals surface area contributed by atoms with Crippen LogP contribution in [-0.4, -0.2) is 27.5 Å². The van der Waals surface area contributed by atoms with Gasteiger partial charge in [-0.2, -0.15) is 0 Å². The number of carbonyl (C=O) groups excluding carboxylic acids is 2. The Hall–Kier alpha value is -2.61. The number of benzene rings is 2. The van der Waals surface area contributed by atoms with Crippen LogP contribution in [0.1, 0.15) is 16.7 Å². The maximum Gasteiger partial charge on any atom is 0.237 e. The van der Waals surface area contributed by atoms with E-state index in [1.807, 2.05) is 32.9 Å². The molecule has 0 aliphatic heterocycles. The average Bonchev–Trinajstić information content (AvgIpc) is 2.54. The maximum absolute atomic E-state index is 13.1. The summed E-state index contributed by atoms with van der Waals surface area (Å²) in [7, 11) is -1.75. The van der Waals surface area contributed by atoms with E-state index in [9.17, 15) is 22.6 Å². The van der Waals surface area contributed by atoms with Gasteiger partial charge in [-0.15, -0.1) is 0 Å². The van der Waals surface area contributed by atoms with Gasteiger partial charge >= 0.3 is 0 Å². The first-order chi connectivity index (χ1) is 12.7. The lowest BCUT2D eigenvalue weighted by Gasteiger charge is -2.12. The van der Waals surface area contributed by atoms with E-state index in [1.165, 1.54) is 6.07 Å². The zero-order valence-corrected chi connectivity index (χ0v) is 16.0. The number of anilines is 2. The zero-order valence-electron chi connectivity index (χ0n) is 15.2. The summed E-state index contributed by atoms with van der Waals surface area (Å²) < 4.78 is 38.0. The Labute approximate surface area is 158 Å². The number of halogens is 2. The van der Waals surface area contributed by atoms with Crippen LogP contribution in [0.5, 0.6) is 0 Å². The van der Waals surface area contributed by atoms with E-state index in [0.717, 1.165) is 28.8 Å². The average molecular weight is 394 g/mol. The minimum absolute atomic E-state index is 0.0475. The van der Waals surface area contributed by atoms with E-state index in [4.69, 9.17) is 0 Å². The van der Waals surface area contributed by atoms with Crippen LogP contribution in [0, 0.1) is 32.4 Å². The smallest absolute Gasteiger partial charge is 0.237 e. The minimum atomic E-state index is -1.75. The van der Waals surface area contributed by atoms with Crippen LogP contribution in [0.25, 0.3) is 0 Å². The van der Waals surface area contributed by atoms with Crippen LogP contribution in [0.4, 0.5) is 20.2 Å². The summed E-state index contributed by atoms with van der Waals surface area (Å²) in [6, 6.07) is 6.74. The zero-order chi connectivity index (χ0) is 20.1. The van der Waals surface area contributed by atoms with Gasteiger partial charge in [0.05, 0.1) is 0 Å². The molecule has 1 atom stereocenters. The lowest BCUT2D eigenvalue weighted by atomic mass is 10.1. The quantitative estimate of drug-likeness (QED) is 0.790. The third-order valence-corrected chi connectivity index (χ3v) is 4.90. The van der Waals surface area contributed by atoms with Crippen molar-refractivity contribution in [3.63, 3.8) is 0 Å². The number of nitrogens with one attached hydrogen (secondary N) is 2. The topological polar surface area (TPSA) is 75.3 Å². The second kappa shape index (κ2) is 8.85. The molecule has 27 heavy (non-hydrogen) atoms. The lowest BCUT2D eigenvalue weighted by molar-refractivity contribution is -0.114. The van der Waals surface area contributed by atoms with Crippen molar-refractivity contribution in [2.45, 2.75) is 20.8 Å². The van der Waals surface area contributed by atoms with Crippen molar-refractivity contribution in [3.05, 3.63) is 58.7 Å². The molecule has 0 fully saturated rings. The molecule has 0 spiro atoms. The van der Waals surface area contributed by atoms with Crippen molar-refractivity contribution >= 4 is 34.0 Å². The molecule has 0 radical (unpaired) electrons. The number of hydrogen-bond acceptors (Lipinski definition) is 3. The summed E-state index contributed by atoms with van der Waals surface area (Å²) in [4.78, 5) is 24.0. The highest BCUT2D eigenvalue weighted by Gasteiger charge is 2.15. The highest BCUT2D eigenvalue weighted by molar-refractivity contribution is 7.86. The van der Waals surface area contributed by atoms with Gasteiger partial charge < -0.3 is 10.6 Å². The molecule has 8 heteroatoms. The predicted molar refractivity (Wildman–Crippen MR) is 102 cm³/mol.